The molecule has 0 amide bonds. The van der Waals surface area contributed by atoms with Gasteiger partial charge in [0.1, 0.15) is 5.75 Å². The van der Waals surface area contributed by atoms with Gasteiger partial charge in [0.25, 0.3) is 0 Å². The zero-order chi connectivity index (χ0) is 14.8. The lowest BCUT2D eigenvalue weighted by molar-refractivity contribution is 0.397. The molecule has 0 saturated heterocycles. The fourth-order valence-electron chi connectivity index (χ4n) is 2.37. The second-order valence-corrected chi connectivity index (χ2v) is 6.28. The van der Waals surface area contributed by atoms with Gasteiger partial charge in [-0.1, -0.05) is 39.8 Å². The Labute approximate surface area is 120 Å². The Morgan fingerprint density at radius 1 is 1.30 bits per heavy atom. The number of hydrogen-bond donors (Lipinski definition) is 1. The first-order valence-electron chi connectivity index (χ1n) is 6.95. The molecule has 20 heavy (non-hydrogen) atoms. The lowest BCUT2D eigenvalue weighted by Gasteiger charge is -2.24. The van der Waals surface area contributed by atoms with Crippen molar-refractivity contribution in [3.8, 4) is 5.75 Å². The van der Waals surface area contributed by atoms with E-state index >= 15 is 0 Å². The van der Waals surface area contributed by atoms with Crippen LogP contribution in [0, 0.1) is 0 Å². The largest absolute Gasteiger partial charge is 0.496 e. The summed E-state index contributed by atoms with van der Waals surface area (Å²) >= 11 is 0. The molecule has 1 N–H and O–H groups in total. The van der Waals surface area contributed by atoms with E-state index in [1.54, 1.807) is 13.3 Å². The topological polar surface area (TPSA) is 50.8 Å². The highest BCUT2D eigenvalue weighted by Gasteiger charge is 2.20. The average Bonchev–Trinajstić information content (AvgIpc) is 2.89. The van der Waals surface area contributed by atoms with E-state index in [1.807, 2.05) is 0 Å². The zero-order valence-electron chi connectivity index (χ0n) is 12.9. The van der Waals surface area contributed by atoms with Crippen LogP contribution < -0.4 is 4.74 Å². The summed E-state index contributed by atoms with van der Waals surface area (Å²) in [6, 6.07) is 6.46. The first-order chi connectivity index (χ1) is 9.41. The lowest BCUT2D eigenvalue weighted by Crippen LogP contribution is -2.14. The van der Waals surface area contributed by atoms with Crippen LogP contribution in [0.2, 0.25) is 0 Å². The van der Waals surface area contributed by atoms with Crippen LogP contribution in [0.1, 0.15) is 50.4 Å². The van der Waals surface area contributed by atoms with E-state index < -0.39 is 0 Å². The van der Waals surface area contributed by atoms with E-state index in [9.17, 15) is 0 Å². The minimum Gasteiger partial charge on any atom is -0.496 e. The molecule has 0 radical (unpaired) electrons. The zero-order valence-corrected chi connectivity index (χ0v) is 12.9. The van der Waals surface area contributed by atoms with Crippen molar-refractivity contribution in [3.63, 3.8) is 0 Å². The van der Waals surface area contributed by atoms with E-state index in [-0.39, 0.29) is 5.41 Å². The normalized spacial score (nSPS) is 13.2. The van der Waals surface area contributed by atoms with Gasteiger partial charge in [0.05, 0.1) is 19.0 Å². The number of aromatic nitrogens is 3. The van der Waals surface area contributed by atoms with Crippen molar-refractivity contribution >= 4 is 0 Å². The highest BCUT2D eigenvalue weighted by molar-refractivity contribution is 5.42. The van der Waals surface area contributed by atoms with Gasteiger partial charge in [-0.3, -0.25) is 0 Å². The maximum Gasteiger partial charge on any atom is 0.122 e. The molecule has 0 spiro atoms. The summed E-state index contributed by atoms with van der Waals surface area (Å²) in [6.45, 7) is 8.83. The van der Waals surface area contributed by atoms with Crippen molar-refractivity contribution in [1.29, 1.82) is 0 Å². The molecule has 1 unspecified atom stereocenters. The van der Waals surface area contributed by atoms with Crippen molar-refractivity contribution in [2.75, 3.05) is 7.11 Å². The van der Waals surface area contributed by atoms with Crippen LogP contribution in [0.4, 0.5) is 0 Å². The van der Waals surface area contributed by atoms with Gasteiger partial charge in [-0.15, -0.1) is 0 Å². The van der Waals surface area contributed by atoms with Gasteiger partial charge in [0, 0.05) is 0 Å². The second kappa shape index (κ2) is 5.65. The Morgan fingerprint density at radius 2 is 2.05 bits per heavy atom. The van der Waals surface area contributed by atoms with Crippen LogP contribution in [-0.4, -0.2) is 22.5 Å². The molecule has 0 aliphatic carbocycles. The number of rotatable bonds is 4. The van der Waals surface area contributed by atoms with Crippen molar-refractivity contribution in [3.05, 3.63) is 41.2 Å². The average molecular weight is 273 g/mol. The molecule has 2 aromatic rings. The Bertz CT molecular complexity index is 556. The van der Waals surface area contributed by atoms with Crippen molar-refractivity contribution < 1.29 is 4.74 Å². The molecule has 0 fully saturated rings. The van der Waals surface area contributed by atoms with E-state index in [4.69, 9.17) is 4.74 Å². The first-order valence-corrected chi connectivity index (χ1v) is 6.95. The number of aromatic amines is 1. The molecule has 0 aliphatic heterocycles. The number of nitrogens with zero attached hydrogens (tertiary/aromatic N) is 2. The highest BCUT2D eigenvalue weighted by Crippen LogP contribution is 2.34. The molecule has 108 valence electrons. The predicted molar refractivity (Wildman–Crippen MR) is 80.2 cm³/mol. The number of methoxy groups -OCH3 is 1. The highest BCUT2D eigenvalue weighted by atomic mass is 16.5. The molecule has 1 aromatic heterocycles. The fraction of sp³-hybridized carbons (Fsp3) is 0.500. The predicted octanol–water partition coefficient (Wildman–Crippen LogP) is 3.46. The van der Waals surface area contributed by atoms with Crippen LogP contribution in [0.25, 0.3) is 0 Å². The minimum absolute atomic E-state index is 0.0644. The van der Waals surface area contributed by atoms with Gasteiger partial charge in [0.15, 0.2) is 0 Å². The first kappa shape index (κ1) is 14.6. The summed E-state index contributed by atoms with van der Waals surface area (Å²) in [4.78, 5) is 0. The molecule has 0 bridgehead atoms. The SMILES string of the molecule is COc1ccc(C(C)Cc2cn[nH]n2)cc1C(C)(C)C. The summed E-state index contributed by atoms with van der Waals surface area (Å²) in [5, 5.41) is 10.6. The molecule has 1 aromatic carbocycles. The summed E-state index contributed by atoms with van der Waals surface area (Å²) < 4.78 is 5.49. The van der Waals surface area contributed by atoms with Gasteiger partial charge in [-0.25, -0.2) is 0 Å². The van der Waals surface area contributed by atoms with Crippen LogP contribution in [-0.2, 0) is 11.8 Å². The quantitative estimate of drug-likeness (QED) is 0.928. The lowest BCUT2D eigenvalue weighted by atomic mass is 9.83. The Kier molecular flexibility index (Phi) is 4.12. The summed E-state index contributed by atoms with van der Waals surface area (Å²) in [6.07, 6.45) is 2.66. The number of hydrogen-bond acceptors (Lipinski definition) is 3. The van der Waals surface area contributed by atoms with E-state index in [2.05, 4.69) is 61.3 Å². The minimum atomic E-state index is 0.0644. The molecule has 4 nitrogen and oxygen atoms in total. The third-order valence-electron chi connectivity index (χ3n) is 3.58. The van der Waals surface area contributed by atoms with Crippen LogP contribution in [0.3, 0.4) is 0 Å². The van der Waals surface area contributed by atoms with Gasteiger partial charge in [-0.05, 0) is 34.9 Å². The Hall–Kier alpha value is -1.84. The van der Waals surface area contributed by atoms with Gasteiger partial charge < -0.3 is 4.74 Å². The van der Waals surface area contributed by atoms with Crippen molar-refractivity contribution in [1.82, 2.24) is 15.4 Å². The van der Waals surface area contributed by atoms with Gasteiger partial charge in [-0.2, -0.15) is 15.4 Å². The number of benzene rings is 1. The Morgan fingerprint density at radius 3 is 2.60 bits per heavy atom. The Balaban J connectivity index is 2.28. The molecule has 4 heteroatoms. The third-order valence-corrected chi connectivity index (χ3v) is 3.58. The fourth-order valence-corrected chi connectivity index (χ4v) is 2.37. The smallest absolute Gasteiger partial charge is 0.122 e. The summed E-state index contributed by atoms with van der Waals surface area (Å²) in [7, 11) is 1.73. The second-order valence-electron chi connectivity index (χ2n) is 6.28. The van der Waals surface area contributed by atoms with Gasteiger partial charge in [0.2, 0.25) is 0 Å². The molecule has 2 rings (SSSR count). The standard InChI is InChI=1S/C16H23N3O/c1-11(8-13-10-17-19-18-13)12-6-7-15(20-5)14(9-12)16(2,3)4/h6-7,9-11H,8H2,1-5H3,(H,17,18,19). The molecule has 0 aliphatic rings. The number of H-pyrrole nitrogens is 1. The van der Waals surface area contributed by atoms with Gasteiger partial charge >= 0.3 is 0 Å². The van der Waals surface area contributed by atoms with Crippen LogP contribution >= 0.6 is 0 Å². The third kappa shape index (κ3) is 3.18. The van der Waals surface area contributed by atoms with E-state index in [1.165, 1.54) is 11.1 Å². The maximum absolute atomic E-state index is 5.49. The molecule has 1 atom stereocenters. The molecule has 0 saturated carbocycles. The van der Waals surface area contributed by atoms with Crippen molar-refractivity contribution in [2.24, 2.45) is 0 Å². The monoisotopic (exact) mass is 273 g/mol. The van der Waals surface area contributed by atoms with Crippen LogP contribution in [0.5, 0.6) is 5.75 Å². The number of ether oxygens (including phenoxy) is 1. The molecular weight excluding hydrogens is 250 g/mol. The molecular formula is C16H23N3O. The van der Waals surface area contributed by atoms with Crippen molar-refractivity contribution in [2.45, 2.75) is 45.4 Å². The summed E-state index contributed by atoms with van der Waals surface area (Å²) in [5.74, 6) is 1.35. The summed E-state index contributed by atoms with van der Waals surface area (Å²) in [5.41, 5.74) is 3.60. The van der Waals surface area contributed by atoms with E-state index in [0.29, 0.717) is 5.92 Å². The van der Waals surface area contributed by atoms with Crippen LogP contribution in [0.15, 0.2) is 24.4 Å². The molecule has 1 heterocycles. The number of nitrogens with one attached hydrogen (secondary N) is 1. The van der Waals surface area contributed by atoms with E-state index in [0.717, 1.165) is 17.9 Å². The maximum atomic E-state index is 5.49.